The van der Waals surface area contributed by atoms with E-state index in [0.717, 1.165) is 24.2 Å². The molecule has 0 amide bonds. The molecular weight excluding hydrogens is 243 g/mol. The monoisotopic (exact) mass is 260 g/mol. The number of hydrogen-bond donors (Lipinski definition) is 0. The van der Waals surface area contributed by atoms with Crippen molar-refractivity contribution in [2.45, 2.75) is 38.0 Å². The average Bonchev–Trinajstić information content (AvgIpc) is 2.29. The predicted octanol–water partition coefficient (Wildman–Crippen LogP) is 5.21. The van der Waals surface area contributed by atoms with Crippen molar-refractivity contribution in [2.75, 3.05) is 7.11 Å². The van der Waals surface area contributed by atoms with Crippen LogP contribution in [0.5, 0.6) is 5.75 Å². The molecule has 1 nitrogen and oxygen atoms in total. The summed E-state index contributed by atoms with van der Waals surface area (Å²) in [5.41, 5.74) is 1.00. The van der Waals surface area contributed by atoms with Gasteiger partial charge in [0, 0.05) is 5.02 Å². The molecule has 0 aromatic heterocycles. The number of rotatable bonds is 6. The Morgan fingerprint density at radius 3 is 2.62 bits per heavy atom. The Balaban J connectivity index is 2.64. The van der Waals surface area contributed by atoms with Gasteiger partial charge in [0.1, 0.15) is 5.75 Å². The SMILES string of the molecule is CCCCCC(Cl)c1ccc(OC)cc1Cl. The lowest BCUT2D eigenvalue weighted by molar-refractivity contribution is 0.414. The minimum atomic E-state index is 0.00459. The van der Waals surface area contributed by atoms with E-state index in [4.69, 9.17) is 27.9 Å². The summed E-state index contributed by atoms with van der Waals surface area (Å²) in [5.74, 6) is 0.770. The quantitative estimate of drug-likeness (QED) is 0.504. The lowest BCUT2D eigenvalue weighted by atomic mass is 10.1. The van der Waals surface area contributed by atoms with Crippen molar-refractivity contribution in [3.8, 4) is 5.75 Å². The number of unbranched alkanes of at least 4 members (excludes halogenated alkanes) is 2. The maximum atomic E-state index is 6.32. The normalized spacial score (nSPS) is 12.5. The molecule has 0 bridgehead atoms. The zero-order valence-corrected chi connectivity index (χ0v) is 11.3. The van der Waals surface area contributed by atoms with Crippen molar-refractivity contribution in [3.05, 3.63) is 28.8 Å². The first-order chi connectivity index (χ1) is 7.69. The molecule has 1 atom stereocenters. The van der Waals surface area contributed by atoms with Crippen LogP contribution >= 0.6 is 23.2 Å². The van der Waals surface area contributed by atoms with E-state index in [0.29, 0.717) is 5.02 Å². The van der Waals surface area contributed by atoms with E-state index in [2.05, 4.69) is 6.92 Å². The van der Waals surface area contributed by atoms with Crippen molar-refractivity contribution < 1.29 is 4.74 Å². The van der Waals surface area contributed by atoms with E-state index in [1.54, 1.807) is 7.11 Å². The highest BCUT2D eigenvalue weighted by molar-refractivity contribution is 6.32. The molecule has 0 aliphatic carbocycles. The van der Waals surface area contributed by atoms with E-state index < -0.39 is 0 Å². The number of alkyl halides is 1. The second-order valence-electron chi connectivity index (χ2n) is 3.85. The Labute approximate surface area is 108 Å². The number of hydrogen-bond acceptors (Lipinski definition) is 1. The van der Waals surface area contributed by atoms with Crippen molar-refractivity contribution >= 4 is 23.2 Å². The smallest absolute Gasteiger partial charge is 0.120 e. The van der Waals surface area contributed by atoms with Crippen LogP contribution in [-0.4, -0.2) is 7.11 Å². The molecule has 16 heavy (non-hydrogen) atoms. The predicted molar refractivity (Wildman–Crippen MR) is 70.7 cm³/mol. The summed E-state index contributed by atoms with van der Waals surface area (Å²) in [5, 5.41) is 0.695. The van der Waals surface area contributed by atoms with Gasteiger partial charge in [0.25, 0.3) is 0 Å². The fraction of sp³-hybridized carbons (Fsp3) is 0.538. The summed E-state index contributed by atoms with van der Waals surface area (Å²) >= 11 is 12.5. The molecule has 0 fully saturated rings. The van der Waals surface area contributed by atoms with Crippen molar-refractivity contribution in [1.82, 2.24) is 0 Å². The van der Waals surface area contributed by atoms with Crippen LogP contribution in [0.25, 0.3) is 0 Å². The maximum absolute atomic E-state index is 6.32. The Kier molecular flexibility index (Phi) is 6.00. The Morgan fingerprint density at radius 2 is 2.06 bits per heavy atom. The Morgan fingerprint density at radius 1 is 1.31 bits per heavy atom. The minimum absolute atomic E-state index is 0.00459. The van der Waals surface area contributed by atoms with Gasteiger partial charge in [-0.15, -0.1) is 11.6 Å². The van der Waals surface area contributed by atoms with Gasteiger partial charge in [0.2, 0.25) is 0 Å². The second-order valence-corrected chi connectivity index (χ2v) is 4.78. The summed E-state index contributed by atoms with van der Waals surface area (Å²) in [6.07, 6.45) is 4.55. The molecule has 0 radical (unpaired) electrons. The molecule has 0 saturated heterocycles. The molecule has 0 N–H and O–H groups in total. The summed E-state index contributed by atoms with van der Waals surface area (Å²) in [6.45, 7) is 2.18. The van der Waals surface area contributed by atoms with Crippen LogP contribution < -0.4 is 4.74 Å². The molecule has 0 aliphatic heterocycles. The van der Waals surface area contributed by atoms with Crippen LogP contribution in [0.4, 0.5) is 0 Å². The van der Waals surface area contributed by atoms with Gasteiger partial charge in [-0.25, -0.2) is 0 Å². The van der Waals surface area contributed by atoms with Crippen LogP contribution in [0, 0.1) is 0 Å². The number of ether oxygens (including phenoxy) is 1. The summed E-state index contributed by atoms with van der Waals surface area (Å²) < 4.78 is 5.10. The van der Waals surface area contributed by atoms with E-state index in [-0.39, 0.29) is 5.38 Å². The topological polar surface area (TPSA) is 9.23 Å². The second kappa shape index (κ2) is 7.03. The summed E-state index contributed by atoms with van der Waals surface area (Å²) in [4.78, 5) is 0. The van der Waals surface area contributed by atoms with Gasteiger partial charge in [0.05, 0.1) is 12.5 Å². The first-order valence-corrected chi connectivity index (χ1v) is 6.48. The fourth-order valence-electron chi connectivity index (χ4n) is 1.62. The maximum Gasteiger partial charge on any atom is 0.120 e. The molecule has 1 rings (SSSR count). The molecule has 0 aliphatic rings. The third kappa shape index (κ3) is 3.88. The van der Waals surface area contributed by atoms with Gasteiger partial charge in [-0.3, -0.25) is 0 Å². The van der Waals surface area contributed by atoms with Gasteiger partial charge in [-0.05, 0) is 24.1 Å². The van der Waals surface area contributed by atoms with Crippen LogP contribution in [0.1, 0.15) is 43.5 Å². The molecule has 0 spiro atoms. The summed E-state index contributed by atoms with van der Waals surface area (Å²) in [6, 6.07) is 5.66. The number of halogens is 2. The Hall–Kier alpha value is -0.400. The molecule has 3 heteroatoms. The van der Waals surface area contributed by atoms with Gasteiger partial charge in [-0.1, -0.05) is 43.9 Å². The fourth-order valence-corrected chi connectivity index (χ4v) is 2.32. The van der Waals surface area contributed by atoms with Crippen LogP contribution in [0.3, 0.4) is 0 Å². The minimum Gasteiger partial charge on any atom is -0.497 e. The molecule has 1 aromatic carbocycles. The zero-order chi connectivity index (χ0) is 12.0. The van der Waals surface area contributed by atoms with Gasteiger partial charge >= 0.3 is 0 Å². The van der Waals surface area contributed by atoms with E-state index >= 15 is 0 Å². The van der Waals surface area contributed by atoms with Crippen LogP contribution in [-0.2, 0) is 0 Å². The molecule has 1 aromatic rings. The number of benzene rings is 1. The third-order valence-electron chi connectivity index (χ3n) is 2.61. The van der Waals surface area contributed by atoms with Gasteiger partial charge in [0.15, 0.2) is 0 Å². The molecule has 1 unspecified atom stereocenters. The average molecular weight is 261 g/mol. The molecule has 0 heterocycles. The Bertz CT molecular complexity index is 326. The largest absolute Gasteiger partial charge is 0.497 e. The van der Waals surface area contributed by atoms with Gasteiger partial charge < -0.3 is 4.74 Å². The first kappa shape index (κ1) is 13.7. The molecule has 90 valence electrons. The molecular formula is C13H18Cl2O. The van der Waals surface area contributed by atoms with Crippen LogP contribution in [0.15, 0.2) is 18.2 Å². The van der Waals surface area contributed by atoms with E-state index in [1.807, 2.05) is 18.2 Å². The highest BCUT2D eigenvalue weighted by Gasteiger charge is 2.12. The lowest BCUT2D eigenvalue weighted by Gasteiger charge is -2.12. The molecule has 0 saturated carbocycles. The van der Waals surface area contributed by atoms with Gasteiger partial charge in [-0.2, -0.15) is 0 Å². The van der Waals surface area contributed by atoms with E-state index in [9.17, 15) is 0 Å². The highest BCUT2D eigenvalue weighted by atomic mass is 35.5. The third-order valence-corrected chi connectivity index (χ3v) is 3.39. The highest BCUT2D eigenvalue weighted by Crippen LogP contribution is 2.34. The van der Waals surface area contributed by atoms with Crippen LogP contribution in [0.2, 0.25) is 5.02 Å². The standard InChI is InChI=1S/C13H18Cl2O/c1-3-4-5-6-12(14)11-8-7-10(16-2)9-13(11)15/h7-9,12H,3-6H2,1-2H3. The van der Waals surface area contributed by atoms with Crippen molar-refractivity contribution in [3.63, 3.8) is 0 Å². The van der Waals surface area contributed by atoms with Crippen molar-refractivity contribution in [1.29, 1.82) is 0 Å². The van der Waals surface area contributed by atoms with E-state index in [1.165, 1.54) is 12.8 Å². The number of methoxy groups -OCH3 is 1. The zero-order valence-electron chi connectivity index (χ0n) is 9.80. The lowest BCUT2D eigenvalue weighted by Crippen LogP contribution is -1.93. The first-order valence-electron chi connectivity index (χ1n) is 5.66. The van der Waals surface area contributed by atoms with Crippen molar-refractivity contribution in [2.24, 2.45) is 0 Å². The summed E-state index contributed by atoms with van der Waals surface area (Å²) in [7, 11) is 1.63.